The first kappa shape index (κ1) is 14.8. The third-order valence-corrected chi connectivity index (χ3v) is 3.03. The van der Waals surface area contributed by atoms with Crippen molar-refractivity contribution in [3.63, 3.8) is 0 Å². The summed E-state index contributed by atoms with van der Waals surface area (Å²) in [6, 6.07) is 10.1. The molecular formula is C16H18N4O. The molecule has 0 fully saturated rings. The Kier molecular flexibility index (Phi) is 4.75. The van der Waals surface area contributed by atoms with Gasteiger partial charge in [0.05, 0.1) is 12.5 Å². The van der Waals surface area contributed by atoms with Crippen LogP contribution in [0.2, 0.25) is 0 Å². The fourth-order valence-electron chi connectivity index (χ4n) is 2.19. The van der Waals surface area contributed by atoms with Gasteiger partial charge in [-0.3, -0.25) is 10.2 Å². The quantitative estimate of drug-likeness (QED) is 0.675. The average molecular weight is 282 g/mol. The highest BCUT2D eigenvalue weighted by Gasteiger charge is 2.06. The highest BCUT2D eigenvalue weighted by Crippen LogP contribution is 2.22. The molecule has 1 N–H and O–H groups in total. The summed E-state index contributed by atoms with van der Waals surface area (Å²) in [5.41, 5.74) is 4.70. The average Bonchev–Trinajstić information content (AvgIpc) is 2.80. The molecule has 2 rings (SSSR count). The van der Waals surface area contributed by atoms with Gasteiger partial charge in [-0.1, -0.05) is 18.2 Å². The van der Waals surface area contributed by atoms with Crippen LogP contribution in [0.25, 0.3) is 17.0 Å². The van der Waals surface area contributed by atoms with Crippen molar-refractivity contribution >= 4 is 22.9 Å². The number of rotatable bonds is 5. The van der Waals surface area contributed by atoms with Gasteiger partial charge >= 0.3 is 0 Å². The summed E-state index contributed by atoms with van der Waals surface area (Å²) in [4.78, 5) is 11.7. The lowest BCUT2D eigenvalue weighted by Crippen LogP contribution is -2.34. The Morgan fingerprint density at radius 3 is 2.90 bits per heavy atom. The molecule has 0 aliphatic rings. The van der Waals surface area contributed by atoms with E-state index in [-0.39, 0.29) is 5.91 Å². The van der Waals surface area contributed by atoms with Gasteiger partial charge in [-0.15, -0.1) is 0 Å². The van der Waals surface area contributed by atoms with Crippen molar-refractivity contribution in [3.05, 3.63) is 42.1 Å². The molecule has 0 saturated carbocycles. The Morgan fingerprint density at radius 2 is 2.19 bits per heavy atom. The lowest BCUT2D eigenvalue weighted by atomic mass is 10.1. The van der Waals surface area contributed by atoms with E-state index in [9.17, 15) is 4.79 Å². The number of fused-ring (bicyclic) bond motifs is 1. The minimum absolute atomic E-state index is 0.172. The SMILES string of the molecule is CN(C)NC(=O)/C=C/c1cn(CCC#N)c2ccccc12. The molecular weight excluding hydrogens is 264 g/mol. The molecule has 1 heterocycles. The minimum atomic E-state index is -0.172. The second-order valence-corrected chi connectivity index (χ2v) is 4.91. The van der Waals surface area contributed by atoms with Gasteiger partial charge < -0.3 is 4.57 Å². The smallest absolute Gasteiger partial charge is 0.258 e. The number of carbonyl (C=O) groups is 1. The summed E-state index contributed by atoms with van der Waals surface area (Å²) in [5, 5.41) is 11.4. The van der Waals surface area contributed by atoms with Crippen molar-refractivity contribution in [1.29, 1.82) is 5.26 Å². The summed E-state index contributed by atoms with van der Waals surface area (Å²) in [5.74, 6) is -0.172. The number of nitriles is 1. The first-order valence-corrected chi connectivity index (χ1v) is 6.72. The van der Waals surface area contributed by atoms with E-state index in [4.69, 9.17) is 5.26 Å². The molecule has 2 aromatic rings. The Labute approximate surface area is 124 Å². The van der Waals surface area contributed by atoms with Crippen LogP contribution in [0.3, 0.4) is 0 Å². The summed E-state index contributed by atoms with van der Waals surface area (Å²) >= 11 is 0. The number of hydrogen-bond acceptors (Lipinski definition) is 3. The standard InChI is InChI=1S/C16H18N4O/c1-19(2)18-16(21)9-8-13-12-20(11-5-10-17)15-7-4-3-6-14(13)15/h3-4,6-9,12H,5,11H2,1-2H3,(H,18,21)/b9-8+. The molecule has 5 heteroatoms. The lowest BCUT2D eigenvalue weighted by Gasteiger charge is -2.08. The van der Waals surface area contributed by atoms with Gasteiger partial charge in [0.25, 0.3) is 5.91 Å². The van der Waals surface area contributed by atoms with Crippen molar-refractivity contribution in [1.82, 2.24) is 15.0 Å². The number of nitrogens with zero attached hydrogens (tertiary/aromatic N) is 3. The van der Waals surface area contributed by atoms with E-state index in [1.807, 2.05) is 35.0 Å². The van der Waals surface area contributed by atoms with Crippen molar-refractivity contribution in [3.8, 4) is 6.07 Å². The van der Waals surface area contributed by atoms with E-state index in [0.29, 0.717) is 13.0 Å². The third kappa shape index (κ3) is 3.71. The van der Waals surface area contributed by atoms with Crippen LogP contribution < -0.4 is 5.43 Å². The van der Waals surface area contributed by atoms with Crippen LogP contribution in [0, 0.1) is 11.3 Å². The maximum atomic E-state index is 11.7. The van der Waals surface area contributed by atoms with E-state index in [1.165, 1.54) is 6.08 Å². The molecule has 0 radical (unpaired) electrons. The maximum Gasteiger partial charge on any atom is 0.258 e. The van der Waals surface area contributed by atoms with Crippen molar-refractivity contribution < 1.29 is 4.79 Å². The highest BCUT2D eigenvalue weighted by atomic mass is 16.2. The summed E-state index contributed by atoms with van der Waals surface area (Å²) < 4.78 is 2.04. The first-order chi connectivity index (χ1) is 10.1. The molecule has 0 atom stereocenters. The second kappa shape index (κ2) is 6.73. The van der Waals surface area contributed by atoms with Crippen LogP contribution in [0.5, 0.6) is 0 Å². The van der Waals surface area contributed by atoms with Crippen LogP contribution in [0.4, 0.5) is 0 Å². The number of aryl methyl sites for hydroxylation is 1. The lowest BCUT2D eigenvalue weighted by molar-refractivity contribution is -0.119. The van der Waals surface area contributed by atoms with E-state index in [0.717, 1.165) is 16.5 Å². The van der Waals surface area contributed by atoms with Gasteiger partial charge in [0, 0.05) is 49.4 Å². The summed E-state index contributed by atoms with van der Waals surface area (Å²) in [6.07, 6.45) is 5.74. The van der Waals surface area contributed by atoms with Crippen LogP contribution in [-0.4, -0.2) is 29.6 Å². The van der Waals surface area contributed by atoms with Gasteiger partial charge in [-0.05, 0) is 12.1 Å². The predicted molar refractivity (Wildman–Crippen MR) is 83.0 cm³/mol. The first-order valence-electron chi connectivity index (χ1n) is 6.72. The molecule has 0 unspecified atom stereocenters. The van der Waals surface area contributed by atoms with Gasteiger partial charge in [0.1, 0.15) is 0 Å². The number of hydrazine groups is 1. The third-order valence-electron chi connectivity index (χ3n) is 3.03. The van der Waals surface area contributed by atoms with E-state index >= 15 is 0 Å². The van der Waals surface area contributed by atoms with Crippen LogP contribution in [0.15, 0.2) is 36.5 Å². The Balaban J connectivity index is 2.29. The fraction of sp³-hybridized carbons (Fsp3) is 0.250. The number of amides is 1. The Morgan fingerprint density at radius 1 is 1.43 bits per heavy atom. The molecule has 0 aliphatic carbocycles. The number of benzene rings is 1. The largest absolute Gasteiger partial charge is 0.346 e. The molecule has 1 aromatic carbocycles. The molecule has 21 heavy (non-hydrogen) atoms. The second-order valence-electron chi connectivity index (χ2n) is 4.91. The van der Waals surface area contributed by atoms with Crippen LogP contribution in [0.1, 0.15) is 12.0 Å². The van der Waals surface area contributed by atoms with E-state index < -0.39 is 0 Å². The van der Waals surface area contributed by atoms with Crippen molar-refractivity contribution in [2.45, 2.75) is 13.0 Å². The monoisotopic (exact) mass is 282 g/mol. The predicted octanol–water partition coefficient (Wildman–Crippen LogP) is 2.16. The zero-order valence-electron chi connectivity index (χ0n) is 12.2. The number of hydrogen-bond donors (Lipinski definition) is 1. The minimum Gasteiger partial charge on any atom is -0.346 e. The van der Waals surface area contributed by atoms with E-state index in [2.05, 4.69) is 11.5 Å². The molecule has 0 bridgehead atoms. The number of aromatic nitrogens is 1. The van der Waals surface area contributed by atoms with Crippen LogP contribution in [-0.2, 0) is 11.3 Å². The number of para-hydroxylation sites is 1. The highest BCUT2D eigenvalue weighted by molar-refractivity contribution is 5.96. The van der Waals surface area contributed by atoms with Crippen LogP contribution >= 0.6 is 0 Å². The maximum absolute atomic E-state index is 11.7. The zero-order chi connectivity index (χ0) is 15.2. The molecule has 5 nitrogen and oxygen atoms in total. The Bertz CT molecular complexity index is 707. The molecule has 1 aromatic heterocycles. The van der Waals surface area contributed by atoms with Gasteiger partial charge in [-0.2, -0.15) is 5.26 Å². The normalized spacial score (nSPS) is 11.1. The molecule has 0 aliphatic heterocycles. The topological polar surface area (TPSA) is 61.1 Å². The number of carbonyl (C=O) groups excluding carboxylic acids is 1. The van der Waals surface area contributed by atoms with Gasteiger partial charge in [0.2, 0.25) is 0 Å². The Hall–Kier alpha value is -2.58. The molecule has 0 saturated heterocycles. The van der Waals surface area contributed by atoms with Gasteiger partial charge in [-0.25, -0.2) is 5.01 Å². The van der Waals surface area contributed by atoms with E-state index in [1.54, 1.807) is 25.2 Å². The van der Waals surface area contributed by atoms with Crippen molar-refractivity contribution in [2.24, 2.45) is 0 Å². The zero-order valence-corrected chi connectivity index (χ0v) is 12.2. The van der Waals surface area contributed by atoms with Gasteiger partial charge in [0.15, 0.2) is 0 Å². The van der Waals surface area contributed by atoms with Crippen molar-refractivity contribution in [2.75, 3.05) is 14.1 Å². The summed E-state index contributed by atoms with van der Waals surface area (Å²) in [7, 11) is 3.53. The molecule has 0 spiro atoms. The fourth-order valence-corrected chi connectivity index (χ4v) is 2.19. The molecule has 1 amide bonds. The summed E-state index contributed by atoms with van der Waals surface area (Å²) in [6.45, 7) is 0.648. The number of nitrogens with one attached hydrogen (secondary N) is 1. The molecule has 108 valence electrons.